The van der Waals surface area contributed by atoms with Crippen LogP contribution in [0.2, 0.25) is 0 Å². The smallest absolute Gasteiger partial charge is 0.323 e. The van der Waals surface area contributed by atoms with Gasteiger partial charge in [-0.2, -0.15) is 0 Å². The third-order valence-electron chi connectivity index (χ3n) is 3.45. The number of benzene rings is 1. The van der Waals surface area contributed by atoms with E-state index in [0.717, 1.165) is 5.56 Å². The van der Waals surface area contributed by atoms with Gasteiger partial charge in [0.15, 0.2) is 0 Å². The highest BCUT2D eigenvalue weighted by Crippen LogP contribution is 2.15. The average molecular weight is 319 g/mol. The third kappa shape index (κ3) is 7.10. The molecule has 0 aliphatic heterocycles. The molecule has 1 rings (SSSR count). The summed E-state index contributed by atoms with van der Waals surface area (Å²) in [7, 11) is 1.52. The van der Waals surface area contributed by atoms with Gasteiger partial charge in [-0.3, -0.25) is 9.59 Å². The van der Waals surface area contributed by atoms with Crippen molar-refractivity contribution in [2.24, 2.45) is 0 Å². The summed E-state index contributed by atoms with van der Waals surface area (Å²) in [6.45, 7) is 4.57. The quantitative estimate of drug-likeness (QED) is 0.760. The molecule has 0 unspecified atom stereocenters. The van der Waals surface area contributed by atoms with Crippen molar-refractivity contribution in [2.75, 3.05) is 26.8 Å². The van der Waals surface area contributed by atoms with Crippen LogP contribution in [-0.2, 0) is 14.3 Å². The minimum absolute atomic E-state index is 0.170. The van der Waals surface area contributed by atoms with Crippen molar-refractivity contribution in [3.8, 4) is 0 Å². The second kappa shape index (κ2) is 9.79. The molecule has 0 radical (unpaired) electrons. The zero-order chi connectivity index (χ0) is 17.2. The molecule has 5 heteroatoms. The van der Waals surface area contributed by atoms with Crippen molar-refractivity contribution in [1.82, 2.24) is 4.90 Å². The Morgan fingerprint density at radius 1 is 1.26 bits per heavy atom. The van der Waals surface area contributed by atoms with E-state index in [4.69, 9.17) is 9.84 Å². The number of carbonyl (C=O) groups excluding carboxylic acids is 1. The molecule has 0 saturated heterocycles. The predicted octanol–water partition coefficient (Wildman–Crippen LogP) is 2.77. The molecule has 1 aromatic rings. The van der Waals surface area contributed by atoms with Crippen LogP contribution in [0.1, 0.15) is 37.3 Å². The van der Waals surface area contributed by atoms with Crippen molar-refractivity contribution < 1.29 is 19.4 Å². The highest BCUT2D eigenvalue weighted by molar-refractivity contribution is 5.82. The van der Waals surface area contributed by atoms with Gasteiger partial charge in [-0.15, -0.1) is 0 Å². The number of carboxylic acid groups (broad SMARTS) is 1. The topological polar surface area (TPSA) is 66.8 Å². The van der Waals surface area contributed by atoms with E-state index in [1.54, 1.807) is 6.08 Å². The van der Waals surface area contributed by atoms with Crippen LogP contribution in [0.5, 0.6) is 0 Å². The van der Waals surface area contributed by atoms with E-state index in [1.165, 1.54) is 17.6 Å². The number of carboxylic acids is 1. The van der Waals surface area contributed by atoms with Crippen LogP contribution in [0.4, 0.5) is 0 Å². The number of nitrogens with zero attached hydrogens (tertiary/aromatic N) is 1. The summed E-state index contributed by atoms with van der Waals surface area (Å²) in [5, 5.41) is 8.85. The molecule has 0 spiro atoms. The van der Waals surface area contributed by atoms with E-state index in [1.807, 2.05) is 18.2 Å². The zero-order valence-electron chi connectivity index (χ0n) is 14.0. The lowest BCUT2D eigenvalue weighted by molar-refractivity contribution is -0.144. The van der Waals surface area contributed by atoms with Gasteiger partial charge in [-0.25, -0.2) is 0 Å². The summed E-state index contributed by atoms with van der Waals surface area (Å²) in [4.78, 5) is 24.2. The molecule has 23 heavy (non-hydrogen) atoms. The maximum Gasteiger partial charge on any atom is 0.323 e. The highest BCUT2D eigenvalue weighted by Gasteiger charge is 2.14. The van der Waals surface area contributed by atoms with E-state index in [0.29, 0.717) is 12.5 Å². The Morgan fingerprint density at radius 3 is 2.43 bits per heavy atom. The summed E-state index contributed by atoms with van der Waals surface area (Å²) in [6, 6.07) is 8.16. The summed E-state index contributed by atoms with van der Waals surface area (Å²) in [6.07, 6.45) is 3.80. The van der Waals surface area contributed by atoms with Crippen molar-refractivity contribution in [2.45, 2.75) is 26.2 Å². The molecule has 0 bridgehead atoms. The highest BCUT2D eigenvalue weighted by atomic mass is 16.5. The van der Waals surface area contributed by atoms with Crippen LogP contribution in [0.25, 0.3) is 6.08 Å². The first-order valence-corrected chi connectivity index (χ1v) is 7.69. The van der Waals surface area contributed by atoms with Crippen LogP contribution >= 0.6 is 0 Å². The van der Waals surface area contributed by atoms with Crippen molar-refractivity contribution in [3.05, 3.63) is 41.5 Å². The Labute approximate surface area is 137 Å². The van der Waals surface area contributed by atoms with E-state index >= 15 is 0 Å². The number of aliphatic carboxylic acids is 1. The number of ether oxygens (including phenoxy) is 1. The molecule has 0 heterocycles. The molecule has 0 atom stereocenters. The van der Waals surface area contributed by atoms with Gasteiger partial charge >= 0.3 is 5.97 Å². The number of rotatable bonds is 9. The zero-order valence-corrected chi connectivity index (χ0v) is 14.0. The molecule has 0 aromatic heterocycles. The molecule has 0 aliphatic carbocycles. The van der Waals surface area contributed by atoms with Gasteiger partial charge in [0.05, 0.1) is 6.61 Å². The second-order valence-corrected chi connectivity index (χ2v) is 5.63. The fraction of sp³-hybridized carbons (Fsp3) is 0.444. The van der Waals surface area contributed by atoms with Crippen LogP contribution in [-0.4, -0.2) is 48.7 Å². The van der Waals surface area contributed by atoms with E-state index in [2.05, 4.69) is 26.0 Å². The standard InChI is InChI=1S/C18H25NO4/c1-14(2)16-9-7-15(8-10-16)5-4-6-17(20)19(11-12-23-3)13-18(21)22/h4-5,7-10,14H,6,11-13H2,1-3H3,(H,21,22)/b5-4+. The molecule has 126 valence electrons. The van der Waals surface area contributed by atoms with Crippen LogP contribution < -0.4 is 0 Å². The van der Waals surface area contributed by atoms with Gasteiger partial charge in [0, 0.05) is 20.1 Å². The minimum atomic E-state index is -1.03. The number of methoxy groups -OCH3 is 1. The SMILES string of the molecule is COCCN(CC(=O)O)C(=O)C/C=C/c1ccc(C(C)C)cc1. The lowest BCUT2D eigenvalue weighted by Crippen LogP contribution is -2.37. The normalized spacial score (nSPS) is 11.1. The van der Waals surface area contributed by atoms with E-state index in [9.17, 15) is 9.59 Å². The van der Waals surface area contributed by atoms with Gasteiger partial charge in [0.2, 0.25) is 5.91 Å². The Kier molecular flexibility index (Phi) is 8.05. The molecule has 0 fully saturated rings. The second-order valence-electron chi connectivity index (χ2n) is 5.63. The van der Waals surface area contributed by atoms with Gasteiger partial charge in [-0.1, -0.05) is 50.3 Å². The lowest BCUT2D eigenvalue weighted by atomic mass is 10.0. The number of amides is 1. The minimum Gasteiger partial charge on any atom is -0.480 e. The molecule has 1 N–H and O–H groups in total. The molecule has 0 aliphatic rings. The first-order chi connectivity index (χ1) is 10.9. The first kappa shape index (κ1) is 18.9. The molecular weight excluding hydrogens is 294 g/mol. The number of carbonyl (C=O) groups is 2. The predicted molar refractivity (Wildman–Crippen MR) is 90.3 cm³/mol. The maximum atomic E-state index is 12.1. The maximum absolute atomic E-state index is 12.1. The number of hydrogen-bond donors (Lipinski definition) is 1. The fourth-order valence-corrected chi connectivity index (χ4v) is 2.07. The Hall–Kier alpha value is -2.14. The van der Waals surface area contributed by atoms with Gasteiger partial charge in [0.1, 0.15) is 6.54 Å². The summed E-state index contributed by atoms with van der Waals surface area (Å²) in [5.41, 5.74) is 2.29. The van der Waals surface area contributed by atoms with E-state index in [-0.39, 0.29) is 25.4 Å². The largest absolute Gasteiger partial charge is 0.480 e. The van der Waals surface area contributed by atoms with Gasteiger partial charge in [-0.05, 0) is 17.0 Å². The summed E-state index contributed by atoms with van der Waals surface area (Å²) in [5.74, 6) is -0.762. The lowest BCUT2D eigenvalue weighted by Gasteiger charge is -2.19. The average Bonchev–Trinajstić information content (AvgIpc) is 2.51. The summed E-state index contributed by atoms with van der Waals surface area (Å²) >= 11 is 0. The van der Waals surface area contributed by atoms with Crippen LogP contribution in [0.15, 0.2) is 30.3 Å². The first-order valence-electron chi connectivity index (χ1n) is 7.69. The monoisotopic (exact) mass is 319 g/mol. The van der Waals surface area contributed by atoms with Crippen LogP contribution in [0, 0.1) is 0 Å². The molecule has 0 saturated carbocycles. The van der Waals surface area contributed by atoms with Gasteiger partial charge < -0.3 is 14.7 Å². The molecular formula is C18H25NO4. The van der Waals surface area contributed by atoms with Gasteiger partial charge in [0.25, 0.3) is 0 Å². The Balaban J connectivity index is 2.59. The number of hydrogen-bond acceptors (Lipinski definition) is 3. The fourth-order valence-electron chi connectivity index (χ4n) is 2.07. The van der Waals surface area contributed by atoms with Crippen molar-refractivity contribution >= 4 is 18.0 Å². The Bertz CT molecular complexity index is 534. The van der Waals surface area contributed by atoms with Crippen LogP contribution in [0.3, 0.4) is 0 Å². The molecule has 1 amide bonds. The molecule has 1 aromatic carbocycles. The third-order valence-corrected chi connectivity index (χ3v) is 3.45. The Morgan fingerprint density at radius 2 is 1.91 bits per heavy atom. The van der Waals surface area contributed by atoms with E-state index < -0.39 is 5.97 Å². The van der Waals surface area contributed by atoms with Crippen molar-refractivity contribution in [1.29, 1.82) is 0 Å². The van der Waals surface area contributed by atoms with Crippen molar-refractivity contribution in [3.63, 3.8) is 0 Å². The summed E-state index contributed by atoms with van der Waals surface area (Å²) < 4.78 is 4.90. The molecule has 5 nitrogen and oxygen atoms in total.